The highest BCUT2D eigenvalue weighted by Gasteiger charge is 2.17. The molecule has 11 heteroatoms. The fourth-order valence-corrected chi connectivity index (χ4v) is 5.12. The molecule has 0 atom stereocenters. The number of anilines is 2. The largest absolute Gasteiger partial charge is 0.479 e. The van der Waals surface area contributed by atoms with Gasteiger partial charge in [-0.25, -0.2) is 8.42 Å². The van der Waals surface area contributed by atoms with Crippen molar-refractivity contribution in [3.05, 3.63) is 51.7 Å². The Morgan fingerprint density at radius 1 is 1.19 bits per heavy atom. The molecule has 0 radical (unpaired) electrons. The molecule has 0 saturated carbocycles. The second-order valence-electron chi connectivity index (χ2n) is 4.93. The highest BCUT2D eigenvalue weighted by molar-refractivity contribution is 7.94. The van der Waals surface area contributed by atoms with E-state index in [0.717, 1.165) is 22.9 Å². The van der Waals surface area contributed by atoms with Gasteiger partial charge in [0.1, 0.15) is 9.90 Å². The lowest BCUT2D eigenvalue weighted by atomic mass is 10.2. The Labute approximate surface area is 162 Å². The van der Waals surface area contributed by atoms with E-state index in [1.807, 2.05) is 0 Å². The van der Waals surface area contributed by atoms with Gasteiger partial charge in [0, 0.05) is 16.6 Å². The van der Waals surface area contributed by atoms with Crippen LogP contribution in [0.2, 0.25) is 4.34 Å². The van der Waals surface area contributed by atoms with E-state index in [4.69, 9.17) is 16.3 Å². The Balaban J connectivity index is 1.71. The molecule has 2 aromatic heterocycles. The van der Waals surface area contributed by atoms with E-state index in [-0.39, 0.29) is 10.1 Å². The van der Waals surface area contributed by atoms with Gasteiger partial charge in [0.2, 0.25) is 5.88 Å². The van der Waals surface area contributed by atoms with Crippen LogP contribution in [0.5, 0.6) is 5.88 Å². The van der Waals surface area contributed by atoms with Crippen molar-refractivity contribution in [2.75, 3.05) is 17.1 Å². The topological polar surface area (TPSA) is 97.4 Å². The lowest BCUT2D eigenvalue weighted by molar-refractivity contribution is 0.102. The summed E-state index contributed by atoms with van der Waals surface area (Å²) in [6.07, 6.45) is 0. The number of nitrogens with one attached hydrogen (secondary N) is 2. The lowest BCUT2D eigenvalue weighted by Gasteiger charge is -2.08. The molecule has 0 fully saturated rings. The molecule has 0 aliphatic carbocycles. The Morgan fingerprint density at radius 2 is 1.92 bits per heavy atom. The zero-order valence-electron chi connectivity index (χ0n) is 13.2. The van der Waals surface area contributed by atoms with Crippen LogP contribution in [0.4, 0.5) is 11.4 Å². The minimum Gasteiger partial charge on any atom is -0.479 e. The van der Waals surface area contributed by atoms with Gasteiger partial charge in [-0.1, -0.05) is 11.6 Å². The molecule has 0 spiro atoms. The number of methoxy groups -OCH3 is 1. The number of benzene rings is 1. The van der Waals surface area contributed by atoms with Crippen LogP contribution >= 0.6 is 34.5 Å². The molecule has 136 valence electrons. The molecule has 1 aromatic carbocycles. The Morgan fingerprint density at radius 3 is 2.54 bits per heavy atom. The van der Waals surface area contributed by atoms with Crippen LogP contribution in [-0.2, 0) is 10.0 Å². The first-order valence-electron chi connectivity index (χ1n) is 7.07. The van der Waals surface area contributed by atoms with E-state index in [2.05, 4.69) is 14.4 Å². The minimum absolute atomic E-state index is 0.112. The molecule has 7 nitrogen and oxygen atoms in total. The summed E-state index contributed by atoms with van der Waals surface area (Å²) < 4.78 is 36.5. The van der Waals surface area contributed by atoms with Crippen molar-refractivity contribution >= 4 is 61.8 Å². The molecular weight excluding hydrogens is 418 g/mol. The van der Waals surface area contributed by atoms with E-state index in [0.29, 0.717) is 27.2 Å². The Bertz CT molecular complexity index is 1030. The summed E-state index contributed by atoms with van der Waals surface area (Å²) in [5.41, 5.74) is 1.17. The SMILES string of the molecule is COc1nscc1NC(=O)c1ccc(NS(=O)(=O)c2ccc(Cl)s2)cc1. The van der Waals surface area contributed by atoms with Crippen molar-refractivity contribution in [3.8, 4) is 5.88 Å². The van der Waals surface area contributed by atoms with Crippen LogP contribution in [0.3, 0.4) is 0 Å². The highest BCUT2D eigenvalue weighted by atomic mass is 35.5. The summed E-state index contributed by atoms with van der Waals surface area (Å²) >= 11 is 7.90. The number of hydrogen-bond donors (Lipinski definition) is 2. The molecule has 1 amide bonds. The fraction of sp³-hybridized carbons (Fsp3) is 0.0667. The van der Waals surface area contributed by atoms with Gasteiger partial charge in [0.25, 0.3) is 15.9 Å². The van der Waals surface area contributed by atoms with Crippen LogP contribution in [0, 0.1) is 0 Å². The summed E-state index contributed by atoms with van der Waals surface area (Å²) in [6.45, 7) is 0. The van der Waals surface area contributed by atoms with E-state index >= 15 is 0 Å². The number of halogens is 1. The molecule has 26 heavy (non-hydrogen) atoms. The molecule has 0 bridgehead atoms. The Hall–Kier alpha value is -2.14. The summed E-state index contributed by atoms with van der Waals surface area (Å²) in [6, 6.07) is 8.98. The minimum atomic E-state index is -3.72. The van der Waals surface area contributed by atoms with Crippen molar-refractivity contribution in [2.24, 2.45) is 0 Å². The van der Waals surface area contributed by atoms with Crippen LogP contribution in [-0.4, -0.2) is 25.8 Å². The summed E-state index contributed by atoms with van der Waals surface area (Å²) in [4.78, 5) is 12.3. The smallest absolute Gasteiger partial charge is 0.271 e. The Kier molecular flexibility index (Phi) is 5.47. The third kappa shape index (κ3) is 4.15. The number of amides is 1. The van der Waals surface area contributed by atoms with Crippen LogP contribution in [0.1, 0.15) is 10.4 Å². The molecule has 2 heterocycles. The quantitative estimate of drug-likeness (QED) is 0.618. The van der Waals surface area contributed by atoms with Crippen molar-refractivity contribution in [1.82, 2.24) is 4.37 Å². The van der Waals surface area contributed by atoms with Gasteiger partial charge in [-0.05, 0) is 47.9 Å². The normalized spacial score (nSPS) is 11.2. The standard InChI is InChI=1S/C15H12ClN3O4S3/c1-23-15-11(8-24-18-15)17-14(20)9-2-4-10(5-3-9)19-26(21,22)13-7-6-12(16)25-13/h2-8,19H,1H3,(H,17,20). The number of carbonyl (C=O) groups is 1. The molecule has 0 saturated heterocycles. The van der Waals surface area contributed by atoms with E-state index in [1.165, 1.54) is 43.5 Å². The third-order valence-electron chi connectivity index (χ3n) is 3.19. The van der Waals surface area contributed by atoms with Gasteiger partial charge in [0.05, 0.1) is 11.4 Å². The second-order valence-corrected chi connectivity index (χ2v) is 9.19. The van der Waals surface area contributed by atoms with Crippen LogP contribution < -0.4 is 14.8 Å². The van der Waals surface area contributed by atoms with E-state index in [9.17, 15) is 13.2 Å². The number of aromatic nitrogens is 1. The predicted octanol–water partition coefficient (Wildman–Crippen LogP) is 3.92. The number of rotatable bonds is 6. The number of hydrogen-bond acceptors (Lipinski definition) is 7. The van der Waals surface area contributed by atoms with Gasteiger partial charge < -0.3 is 10.1 Å². The zero-order chi connectivity index (χ0) is 18.7. The fourth-order valence-electron chi connectivity index (χ4n) is 1.99. The average molecular weight is 430 g/mol. The van der Waals surface area contributed by atoms with Gasteiger partial charge in [-0.15, -0.1) is 11.3 Å². The van der Waals surface area contributed by atoms with Crippen LogP contribution in [0.15, 0.2) is 46.0 Å². The maximum atomic E-state index is 12.3. The summed E-state index contributed by atoms with van der Waals surface area (Å²) in [5, 5.41) is 4.34. The maximum absolute atomic E-state index is 12.3. The first kappa shape index (κ1) is 18.6. The third-order valence-corrected chi connectivity index (χ3v) is 6.91. The first-order chi connectivity index (χ1) is 12.4. The number of ether oxygens (including phenoxy) is 1. The van der Waals surface area contributed by atoms with Gasteiger partial charge >= 0.3 is 0 Å². The molecular formula is C15H12ClN3O4S3. The van der Waals surface area contributed by atoms with Gasteiger partial charge in [-0.3, -0.25) is 9.52 Å². The van der Waals surface area contributed by atoms with E-state index < -0.39 is 10.0 Å². The van der Waals surface area contributed by atoms with Crippen LogP contribution in [0.25, 0.3) is 0 Å². The van der Waals surface area contributed by atoms with Crippen molar-refractivity contribution in [1.29, 1.82) is 0 Å². The molecule has 3 rings (SSSR count). The molecule has 2 N–H and O–H groups in total. The lowest BCUT2D eigenvalue weighted by Crippen LogP contribution is -2.13. The molecule has 0 aliphatic rings. The van der Waals surface area contributed by atoms with Gasteiger partial charge in [-0.2, -0.15) is 4.37 Å². The highest BCUT2D eigenvalue weighted by Crippen LogP contribution is 2.28. The predicted molar refractivity (Wildman–Crippen MR) is 103 cm³/mol. The molecule has 0 aliphatic heterocycles. The molecule has 3 aromatic rings. The number of sulfonamides is 1. The average Bonchev–Trinajstić information content (AvgIpc) is 3.24. The second kappa shape index (κ2) is 7.62. The van der Waals surface area contributed by atoms with Crippen molar-refractivity contribution in [2.45, 2.75) is 4.21 Å². The summed E-state index contributed by atoms with van der Waals surface area (Å²) in [5.74, 6) is -0.0229. The summed E-state index contributed by atoms with van der Waals surface area (Å²) in [7, 11) is -2.25. The van der Waals surface area contributed by atoms with Gasteiger partial charge in [0.15, 0.2) is 0 Å². The van der Waals surface area contributed by atoms with Crippen molar-refractivity contribution in [3.63, 3.8) is 0 Å². The number of thiophene rings is 1. The first-order valence-corrected chi connectivity index (χ1v) is 10.6. The number of carbonyl (C=O) groups excluding carboxylic acids is 1. The van der Waals surface area contributed by atoms with Crippen molar-refractivity contribution < 1.29 is 17.9 Å². The monoisotopic (exact) mass is 429 g/mol. The van der Waals surface area contributed by atoms with E-state index in [1.54, 1.807) is 5.38 Å². The number of nitrogens with zero attached hydrogens (tertiary/aromatic N) is 1. The maximum Gasteiger partial charge on any atom is 0.271 e. The molecule has 0 unspecified atom stereocenters. The zero-order valence-corrected chi connectivity index (χ0v) is 16.4.